The van der Waals surface area contributed by atoms with Crippen LogP contribution in [0.4, 0.5) is 4.39 Å². The minimum atomic E-state index is -0.306. The van der Waals surface area contributed by atoms with Gasteiger partial charge < -0.3 is 4.90 Å². The van der Waals surface area contributed by atoms with E-state index in [9.17, 15) is 9.18 Å². The van der Waals surface area contributed by atoms with Crippen molar-refractivity contribution >= 4 is 27.3 Å². The predicted molar refractivity (Wildman–Crippen MR) is 73.5 cm³/mol. The summed E-state index contributed by atoms with van der Waals surface area (Å²) in [7, 11) is 1.67. The molecule has 0 aliphatic heterocycles. The molecule has 1 aromatic carbocycles. The Kier molecular flexibility index (Phi) is 3.82. The third kappa shape index (κ3) is 2.91. The number of thiophene rings is 1. The van der Waals surface area contributed by atoms with Crippen LogP contribution in [0.1, 0.15) is 16.6 Å². The van der Waals surface area contributed by atoms with Gasteiger partial charge in [-0.1, -0.05) is 6.07 Å². The van der Waals surface area contributed by atoms with Gasteiger partial charge in [0.15, 0.2) is 0 Å². The Balaban J connectivity index is 2.24. The zero-order chi connectivity index (χ0) is 14.0. The molecule has 0 saturated carbocycles. The van der Waals surface area contributed by atoms with Crippen LogP contribution in [0, 0.1) is 23.1 Å². The molecule has 0 bridgehead atoms. The average molecular weight is 276 g/mol. The number of rotatable bonds is 3. The fraction of sp³-hybridized carbons (Fsp3) is 0.286. The molecule has 0 fully saturated rings. The Morgan fingerprint density at radius 3 is 2.95 bits per heavy atom. The Labute approximate surface area is 114 Å². The first-order chi connectivity index (χ1) is 9.01. The highest BCUT2D eigenvalue weighted by Gasteiger charge is 2.16. The van der Waals surface area contributed by atoms with Crippen LogP contribution in [0.15, 0.2) is 24.3 Å². The Morgan fingerprint density at radius 2 is 2.26 bits per heavy atom. The number of nitriles is 1. The number of fused-ring (bicyclic) bond motifs is 1. The van der Waals surface area contributed by atoms with Crippen LogP contribution in [0.25, 0.3) is 10.1 Å². The van der Waals surface area contributed by atoms with E-state index in [1.807, 2.05) is 0 Å². The van der Waals surface area contributed by atoms with Gasteiger partial charge in [-0.25, -0.2) is 4.39 Å². The lowest BCUT2D eigenvalue weighted by Crippen LogP contribution is -2.30. The first-order valence-electron chi connectivity index (χ1n) is 5.85. The summed E-state index contributed by atoms with van der Waals surface area (Å²) in [6.07, 6.45) is 0. The number of nitrogens with zero attached hydrogens (tertiary/aromatic N) is 2. The number of halogens is 1. The van der Waals surface area contributed by atoms with Crippen molar-refractivity contribution in [3.05, 3.63) is 35.0 Å². The lowest BCUT2D eigenvalue weighted by atomic mass is 10.2. The van der Waals surface area contributed by atoms with Gasteiger partial charge in [-0.15, -0.1) is 11.3 Å². The molecule has 1 heterocycles. The molecule has 5 heteroatoms. The van der Waals surface area contributed by atoms with Gasteiger partial charge in [-0.3, -0.25) is 4.79 Å². The van der Waals surface area contributed by atoms with E-state index in [-0.39, 0.29) is 17.6 Å². The number of benzene rings is 1. The summed E-state index contributed by atoms with van der Waals surface area (Å²) in [5.41, 5.74) is 0. The van der Waals surface area contributed by atoms with Crippen LogP contribution >= 0.6 is 11.3 Å². The fourth-order valence-electron chi connectivity index (χ4n) is 1.83. The van der Waals surface area contributed by atoms with E-state index < -0.39 is 0 Å². The molecule has 0 radical (unpaired) electrons. The van der Waals surface area contributed by atoms with Crippen LogP contribution in [0.2, 0.25) is 0 Å². The van der Waals surface area contributed by atoms with Gasteiger partial charge in [0, 0.05) is 18.3 Å². The molecule has 98 valence electrons. The van der Waals surface area contributed by atoms with E-state index in [0.29, 0.717) is 11.4 Å². The molecular weight excluding hydrogens is 263 g/mol. The highest BCUT2D eigenvalue weighted by molar-refractivity contribution is 7.20. The molecule has 2 aromatic rings. The summed E-state index contributed by atoms with van der Waals surface area (Å²) in [5, 5.41) is 9.61. The first kappa shape index (κ1) is 13.5. The van der Waals surface area contributed by atoms with E-state index in [0.717, 1.165) is 10.1 Å². The van der Waals surface area contributed by atoms with Crippen LogP contribution in [0.3, 0.4) is 0 Å². The summed E-state index contributed by atoms with van der Waals surface area (Å²) in [5.74, 6) is -0.649. The monoisotopic (exact) mass is 276 g/mol. The molecule has 19 heavy (non-hydrogen) atoms. The van der Waals surface area contributed by atoms with Crippen molar-refractivity contribution in [3.63, 3.8) is 0 Å². The summed E-state index contributed by atoms with van der Waals surface area (Å²) >= 11 is 1.27. The molecule has 3 nitrogen and oxygen atoms in total. The van der Waals surface area contributed by atoms with Gasteiger partial charge >= 0.3 is 0 Å². The normalized spacial score (nSPS) is 12.1. The zero-order valence-corrected chi connectivity index (χ0v) is 11.5. The Bertz CT molecular complexity index is 659. The number of hydrogen-bond donors (Lipinski definition) is 0. The predicted octanol–water partition coefficient (Wildman–Crippen LogP) is 3.27. The van der Waals surface area contributed by atoms with Crippen molar-refractivity contribution in [3.8, 4) is 6.07 Å². The minimum absolute atomic E-state index is 0.135. The van der Waals surface area contributed by atoms with Crippen molar-refractivity contribution < 1.29 is 9.18 Å². The van der Waals surface area contributed by atoms with Crippen molar-refractivity contribution in [1.82, 2.24) is 4.90 Å². The first-order valence-corrected chi connectivity index (χ1v) is 6.67. The molecule has 0 saturated heterocycles. The van der Waals surface area contributed by atoms with Gasteiger partial charge in [0.2, 0.25) is 0 Å². The Morgan fingerprint density at radius 1 is 1.53 bits per heavy atom. The number of carbonyl (C=O) groups is 1. The lowest BCUT2D eigenvalue weighted by Gasteiger charge is -2.17. The molecule has 2 rings (SSSR count). The van der Waals surface area contributed by atoms with E-state index in [1.165, 1.54) is 28.4 Å². The minimum Gasteiger partial charge on any atom is -0.340 e. The third-order valence-electron chi connectivity index (χ3n) is 2.81. The fourth-order valence-corrected chi connectivity index (χ4v) is 2.92. The quantitative estimate of drug-likeness (QED) is 0.863. The molecular formula is C14H13FN2OS. The zero-order valence-electron chi connectivity index (χ0n) is 10.7. The smallest absolute Gasteiger partial charge is 0.263 e. The molecule has 0 N–H and O–H groups in total. The molecule has 1 atom stereocenters. The van der Waals surface area contributed by atoms with Gasteiger partial charge in [0.25, 0.3) is 5.91 Å². The van der Waals surface area contributed by atoms with Crippen molar-refractivity contribution in [1.29, 1.82) is 5.26 Å². The largest absolute Gasteiger partial charge is 0.340 e. The second-order valence-corrected chi connectivity index (χ2v) is 5.59. The Hall–Kier alpha value is -1.93. The highest BCUT2D eigenvalue weighted by Crippen LogP contribution is 2.27. The summed E-state index contributed by atoms with van der Waals surface area (Å²) in [6.45, 7) is 2.15. The van der Waals surface area contributed by atoms with E-state index in [2.05, 4.69) is 6.07 Å². The van der Waals surface area contributed by atoms with Gasteiger partial charge in [0.05, 0.1) is 16.9 Å². The van der Waals surface area contributed by atoms with E-state index >= 15 is 0 Å². The maximum Gasteiger partial charge on any atom is 0.263 e. The van der Waals surface area contributed by atoms with Crippen LogP contribution < -0.4 is 0 Å². The van der Waals surface area contributed by atoms with Gasteiger partial charge in [-0.2, -0.15) is 5.26 Å². The second kappa shape index (κ2) is 5.37. The van der Waals surface area contributed by atoms with Crippen LogP contribution in [0.5, 0.6) is 0 Å². The summed E-state index contributed by atoms with van der Waals surface area (Å²) in [6, 6.07) is 8.32. The maximum absolute atomic E-state index is 13.1. The molecule has 0 spiro atoms. The van der Waals surface area contributed by atoms with Crippen LogP contribution in [-0.2, 0) is 0 Å². The average Bonchev–Trinajstić information content (AvgIpc) is 2.80. The standard InChI is InChI=1S/C14H13FN2OS/c1-9(7-16)8-17(2)14(18)13-5-10-3-4-11(15)6-12(10)19-13/h3-6,9H,8H2,1-2H3. The molecule has 0 aliphatic carbocycles. The van der Waals surface area contributed by atoms with Crippen molar-refractivity contribution in [2.24, 2.45) is 5.92 Å². The van der Waals surface area contributed by atoms with E-state index in [4.69, 9.17) is 5.26 Å². The molecule has 1 unspecified atom stereocenters. The molecule has 1 aromatic heterocycles. The number of carbonyl (C=O) groups excluding carboxylic acids is 1. The SMILES string of the molecule is CC(C#N)CN(C)C(=O)c1cc2ccc(F)cc2s1. The van der Waals surface area contributed by atoms with Crippen molar-refractivity contribution in [2.75, 3.05) is 13.6 Å². The number of amides is 1. The lowest BCUT2D eigenvalue weighted by molar-refractivity contribution is 0.0790. The number of hydrogen-bond acceptors (Lipinski definition) is 3. The molecule has 0 aliphatic rings. The van der Waals surface area contributed by atoms with Gasteiger partial charge in [-0.05, 0) is 30.5 Å². The van der Waals surface area contributed by atoms with Crippen LogP contribution in [-0.4, -0.2) is 24.4 Å². The summed E-state index contributed by atoms with van der Waals surface area (Å²) < 4.78 is 13.9. The molecule has 1 amide bonds. The summed E-state index contributed by atoms with van der Waals surface area (Å²) in [4.78, 5) is 14.3. The second-order valence-electron chi connectivity index (χ2n) is 4.51. The topological polar surface area (TPSA) is 44.1 Å². The highest BCUT2D eigenvalue weighted by atomic mass is 32.1. The third-order valence-corrected chi connectivity index (χ3v) is 3.89. The van der Waals surface area contributed by atoms with Gasteiger partial charge in [0.1, 0.15) is 5.82 Å². The maximum atomic E-state index is 13.1. The van der Waals surface area contributed by atoms with Crippen molar-refractivity contribution in [2.45, 2.75) is 6.92 Å². The van der Waals surface area contributed by atoms with E-state index in [1.54, 1.807) is 26.1 Å².